The highest BCUT2D eigenvalue weighted by Gasteiger charge is 2.35. The molecule has 2 nitrogen and oxygen atoms in total. The minimum Gasteiger partial charge on any atom is -0.481 e. The Labute approximate surface area is 189 Å². The van der Waals surface area contributed by atoms with Crippen LogP contribution in [0.15, 0.2) is 12.2 Å². The van der Waals surface area contributed by atoms with Gasteiger partial charge < -0.3 is 5.11 Å². The van der Waals surface area contributed by atoms with Crippen molar-refractivity contribution in [3.63, 3.8) is 0 Å². The lowest BCUT2D eigenvalue weighted by molar-refractivity contribution is -0.146. The van der Waals surface area contributed by atoms with E-state index in [9.17, 15) is 9.90 Å². The normalized spacial score (nSPS) is 14.3. The fourth-order valence-corrected chi connectivity index (χ4v) is 4.79. The van der Waals surface area contributed by atoms with E-state index in [1.54, 1.807) is 0 Å². The summed E-state index contributed by atoms with van der Waals surface area (Å²) in [6.07, 6.45) is 25.6. The Hall–Kier alpha value is -0.790. The van der Waals surface area contributed by atoms with Gasteiger partial charge in [0.05, 0.1) is 5.92 Å². The molecular formula is C28H54O2. The van der Waals surface area contributed by atoms with E-state index in [2.05, 4.69) is 46.8 Å². The van der Waals surface area contributed by atoms with Gasteiger partial charge in [0, 0.05) is 0 Å². The lowest BCUT2D eigenvalue weighted by atomic mass is 9.70. The Morgan fingerprint density at radius 1 is 0.767 bits per heavy atom. The molecule has 30 heavy (non-hydrogen) atoms. The Balaban J connectivity index is 3.91. The van der Waals surface area contributed by atoms with Crippen LogP contribution in [-0.4, -0.2) is 11.1 Å². The van der Waals surface area contributed by atoms with Gasteiger partial charge in [-0.05, 0) is 49.9 Å². The smallest absolute Gasteiger partial charge is 0.307 e. The summed E-state index contributed by atoms with van der Waals surface area (Å²) < 4.78 is 0. The second-order valence-electron chi connectivity index (χ2n) is 10.4. The fraction of sp³-hybridized carbons (Fsp3) is 0.893. The maximum Gasteiger partial charge on any atom is 0.307 e. The number of hydrogen-bond acceptors (Lipinski definition) is 1. The average Bonchev–Trinajstić information content (AvgIpc) is 2.68. The number of carbonyl (C=O) groups is 1. The van der Waals surface area contributed by atoms with Crippen LogP contribution in [0.2, 0.25) is 0 Å². The van der Waals surface area contributed by atoms with Crippen molar-refractivity contribution in [3.05, 3.63) is 12.2 Å². The molecule has 1 N–H and O–H groups in total. The van der Waals surface area contributed by atoms with Crippen LogP contribution in [0.4, 0.5) is 0 Å². The lowest BCUT2D eigenvalue weighted by Crippen LogP contribution is -2.32. The third-order valence-electron chi connectivity index (χ3n) is 6.67. The van der Waals surface area contributed by atoms with Crippen LogP contribution in [0, 0.1) is 17.3 Å². The van der Waals surface area contributed by atoms with E-state index < -0.39 is 5.97 Å². The maximum absolute atomic E-state index is 11.9. The molecule has 0 amide bonds. The van der Waals surface area contributed by atoms with Gasteiger partial charge in [0.15, 0.2) is 0 Å². The maximum atomic E-state index is 11.9. The quantitative estimate of drug-likeness (QED) is 0.148. The van der Waals surface area contributed by atoms with Gasteiger partial charge in [0.1, 0.15) is 0 Å². The molecule has 0 saturated carbocycles. The first-order valence-electron chi connectivity index (χ1n) is 13.2. The summed E-state index contributed by atoms with van der Waals surface area (Å²) in [6.45, 7) is 11.1. The first-order chi connectivity index (χ1) is 14.3. The standard InChI is InChI=1S/C28H54O2/c1-6-8-10-11-12-13-14-15-16-17-18-19-20-21-23-26(27(29)30)28(4,5)24-25(3)22-9-7-2/h15-16,25-26H,6-14,17-24H2,1-5H3,(H,29,30)/b16-15-. The molecule has 0 spiro atoms. The van der Waals surface area contributed by atoms with Gasteiger partial charge in [0.25, 0.3) is 0 Å². The molecule has 0 aliphatic heterocycles. The van der Waals surface area contributed by atoms with Gasteiger partial charge in [0.2, 0.25) is 0 Å². The fourth-order valence-electron chi connectivity index (χ4n) is 4.79. The van der Waals surface area contributed by atoms with Crippen LogP contribution in [0.3, 0.4) is 0 Å². The molecule has 0 aliphatic rings. The molecule has 0 aliphatic carbocycles. The van der Waals surface area contributed by atoms with Gasteiger partial charge >= 0.3 is 5.97 Å². The van der Waals surface area contributed by atoms with Gasteiger partial charge in [-0.1, -0.05) is 117 Å². The molecule has 0 aromatic rings. The largest absolute Gasteiger partial charge is 0.481 e. The van der Waals surface area contributed by atoms with E-state index in [0.29, 0.717) is 5.92 Å². The predicted molar refractivity (Wildman–Crippen MR) is 133 cm³/mol. The van der Waals surface area contributed by atoms with Crippen molar-refractivity contribution in [3.8, 4) is 0 Å². The molecular weight excluding hydrogens is 368 g/mol. The summed E-state index contributed by atoms with van der Waals surface area (Å²) >= 11 is 0. The molecule has 0 bridgehead atoms. The molecule has 0 aromatic heterocycles. The minimum atomic E-state index is -0.597. The SMILES string of the molecule is CCCCCCCC/C=C\CCCCCCC(C(=O)O)C(C)(C)CC(C)CCCC. The highest BCUT2D eigenvalue weighted by Crippen LogP contribution is 2.38. The van der Waals surface area contributed by atoms with Crippen LogP contribution in [0.5, 0.6) is 0 Å². The zero-order chi connectivity index (χ0) is 22.7. The highest BCUT2D eigenvalue weighted by molar-refractivity contribution is 5.70. The van der Waals surface area contributed by atoms with Crippen molar-refractivity contribution in [2.75, 3.05) is 0 Å². The summed E-state index contributed by atoms with van der Waals surface area (Å²) in [5, 5.41) is 9.79. The summed E-state index contributed by atoms with van der Waals surface area (Å²) in [7, 11) is 0. The minimum absolute atomic E-state index is 0.113. The van der Waals surface area contributed by atoms with Crippen molar-refractivity contribution < 1.29 is 9.90 Å². The Morgan fingerprint density at radius 3 is 1.80 bits per heavy atom. The number of hydrogen-bond donors (Lipinski definition) is 1. The lowest BCUT2D eigenvalue weighted by Gasteiger charge is -2.34. The molecule has 0 heterocycles. The molecule has 0 aromatic carbocycles. The van der Waals surface area contributed by atoms with Crippen LogP contribution < -0.4 is 0 Å². The number of unbranched alkanes of at least 4 members (excludes halogenated alkanes) is 11. The molecule has 0 saturated heterocycles. The Bertz CT molecular complexity index is 424. The number of rotatable bonds is 21. The Morgan fingerprint density at radius 2 is 1.27 bits per heavy atom. The van der Waals surface area contributed by atoms with Crippen molar-refractivity contribution >= 4 is 5.97 Å². The second-order valence-corrected chi connectivity index (χ2v) is 10.4. The highest BCUT2D eigenvalue weighted by atomic mass is 16.4. The van der Waals surface area contributed by atoms with Gasteiger partial charge in [-0.2, -0.15) is 0 Å². The van der Waals surface area contributed by atoms with Crippen LogP contribution >= 0.6 is 0 Å². The summed E-state index contributed by atoms with van der Waals surface area (Å²) in [4.78, 5) is 11.9. The molecule has 2 atom stereocenters. The van der Waals surface area contributed by atoms with Crippen molar-refractivity contribution in [1.82, 2.24) is 0 Å². The van der Waals surface area contributed by atoms with Crippen molar-refractivity contribution in [1.29, 1.82) is 0 Å². The third kappa shape index (κ3) is 16.0. The van der Waals surface area contributed by atoms with Crippen molar-refractivity contribution in [2.45, 2.75) is 144 Å². The molecule has 0 fully saturated rings. The second kappa shape index (κ2) is 18.9. The van der Waals surface area contributed by atoms with Gasteiger partial charge in [-0.25, -0.2) is 0 Å². The zero-order valence-corrected chi connectivity index (χ0v) is 21.2. The first-order valence-corrected chi connectivity index (χ1v) is 13.2. The van der Waals surface area contributed by atoms with Gasteiger partial charge in [-0.3, -0.25) is 4.79 Å². The van der Waals surface area contributed by atoms with Crippen LogP contribution in [0.25, 0.3) is 0 Å². The van der Waals surface area contributed by atoms with E-state index in [0.717, 1.165) is 25.7 Å². The Kier molecular flexibility index (Phi) is 18.4. The van der Waals surface area contributed by atoms with E-state index in [1.807, 2.05) is 0 Å². The van der Waals surface area contributed by atoms with Crippen LogP contribution in [-0.2, 0) is 4.79 Å². The third-order valence-corrected chi connectivity index (χ3v) is 6.67. The topological polar surface area (TPSA) is 37.3 Å². The molecule has 178 valence electrons. The summed E-state index contributed by atoms with van der Waals surface area (Å²) in [5.74, 6) is -0.191. The van der Waals surface area contributed by atoms with Crippen LogP contribution in [0.1, 0.15) is 144 Å². The molecule has 2 heteroatoms. The van der Waals surface area contributed by atoms with E-state index in [1.165, 1.54) is 83.5 Å². The summed E-state index contributed by atoms with van der Waals surface area (Å²) in [5.41, 5.74) is -0.113. The van der Waals surface area contributed by atoms with Crippen molar-refractivity contribution in [2.24, 2.45) is 17.3 Å². The monoisotopic (exact) mass is 422 g/mol. The average molecular weight is 423 g/mol. The van der Waals surface area contributed by atoms with E-state index in [-0.39, 0.29) is 11.3 Å². The van der Waals surface area contributed by atoms with E-state index >= 15 is 0 Å². The number of allylic oxidation sites excluding steroid dienone is 2. The predicted octanol–water partition coefficient (Wildman–Crippen LogP) is 9.58. The first kappa shape index (κ1) is 29.2. The molecule has 0 radical (unpaired) electrons. The number of aliphatic carboxylic acids is 1. The number of carboxylic acid groups (broad SMARTS) is 1. The zero-order valence-electron chi connectivity index (χ0n) is 21.2. The molecule has 0 rings (SSSR count). The van der Waals surface area contributed by atoms with Gasteiger partial charge in [-0.15, -0.1) is 0 Å². The van der Waals surface area contributed by atoms with E-state index in [4.69, 9.17) is 0 Å². The number of carboxylic acids is 1. The molecule has 2 unspecified atom stereocenters. The summed E-state index contributed by atoms with van der Waals surface area (Å²) in [6, 6.07) is 0.